The van der Waals surface area contributed by atoms with Crippen LogP contribution in [0.2, 0.25) is 0 Å². The van der Waals surface area contributed by atoms with Gasteiger partial charge in [-0.1, -0.05) is 6.07 Å². The molecule has 1 aliphatic rings. The Hall–Kier alpha value is -0.350. The number of hydrogen-bond donors (Lipinski definition) is 2. The summed E-state index contributed by atoms with van der Waals surface area (Å²) in [4.78, 5) is 4.24. The minimum Gasteiger partial charge on any atom is -0.391 e. The van der Waals surface area contributed by atoms with Gasteiger partial charge in [0.15, 0.2) is 0 Å². The van der Waals surface area contributed by atoms with E-state index in [1.165, 1.54) is 0 Å². The third-order valence-corrected chi connectivity index (χ3v) is 2.50. The Morgan fingerprint density at radius 2 is 2.13 bits per heavy atom. The van der Waals surface area contributed by atoms with Crippen LogP contribution in [-0.4, -0.2) is 29.3 Å². The summed E-state index contributed by atoms with van der Waals surface area (Å²) in [6.07, 6.45) is 2.46. The normalized spacial score (nSPS) is 24.1. The van der Waals surface area contributed by atoms with Crippen molar-refractivity contribution in [1.82, 2.24) is 10.3 Å². The lowest BCUT2D eigenvalue weighted by Crippen LogP contribution is -2.20. The molecule has 2 rings (SSSR count). The maximum atomic E-state index is 9.56. The number of halogens is 2. The molecule has 5 heteroatoms. The lowest BCUT2D eigenvalue weighted by atomic mass is 10.00. The topological polar surface area (TPSA) is 45.1 Å². The van der Waals surface area contributed by atoms with Crippen LogP contribution in [0.5, 0.6) is 0 Å². The molecule has 0 saturated carbocycles. The van der Waals surface area contributed by atoms with E-state index in [2.05, 4.69) is 10.3 Å². The number of aromatic nitrogens is 1. The molecule has 0 radical (unpaired) electrons. The Kier molecular flexibility index (Phi) is 6.85. The fourth-order valence-corrected chi connectivity index (χ4v) is 1.72. The van der Waals surface area contributed by atoms with Gasteiger partial charge in [-0.15, -0.1) is 24.8 Å². The molecular weight excluding hydrogens is 235 g/mol. The fourth-order valence-electron chi connectivity index (χ4n) is 1.72. The van der Waals surface area contributed by atoms with Crippen molar-refractivity contribution in [2.24, 2.45) is 5.92 Å². The molecule has 2 heterocycles. The maximum Gasteiger partial charge on any atom is 0.0708 e. The van der Waals surface area contributed by atoms with E-state index in [4.69, 9.17) is 0 Å². The standard InChI is InChI=1S/C10H14N2O.2ClH/c13-10-7-11-6-8(10)5-9-3-1-2-4-12-9;;/h1-4,8,10-11,13H,5-7H2;2*1H/t8-,10-;;/m1../s1. The van der Waals surface area contributed by atoms with Gasteiger partial charge in [0.25, 0.3) is 0 Å². The van der Waals surface area contributed by atoms with Crippen molar-refractivity contribution in [2.45, 2.75) is 12.5 Å². The number of aliphatic hydroxyl groups excluding tert-OH is 1. The molecule has 1 aliphatic heterocycles. The zero-order valence-electron chi connectivity index (χ0n) is 8.30. The van der Waals surface area contributed by atoms with Crippen LogP contribution in [0.3, 0.4) is 0 Å². The highest BCUT2D eigenvalue weighted by molar-refractivity contribution is 5.85. The first-order valence-corrected chi connectivity index (χ1v) is 4.65. The summed E-state index contributed by atoms with van der Waals surface area (Å²) in [6, 6.07) is 5.90. The minimum absolute atomic E-state index is 0. The second kappa shape index (κ2) is 7.01. The van der Waals surface area contributed by atoms with Gasteiger partial charge in [0, 0.05) is 30.9 Å². The van der Waals surface area contributed by atoms with Crippen LogP contribution in [0.25, 0.3) is 0 Å². The van der Waals surface area contributed by atoms with Crippen molar-refractivity contribution in [1.29, 1.82) is 0 Å². The molecule has 2 atom stereocenters. The quantitative estimate of drug-likeness (QED) is 0.825. The predicted molar refractivity (Wildman–Crippen MR) is 64.8 cm³/mol. The van der Waals surface area contributed by atoms with E-state index in [1.807, 2.05) is 18.2 Å². The van der Waals surface area contributed by atoms with Gasteiger partial charge in [-0.2, -0.15) is 0 Å². The van der Waals surface area contributed by atoms with Crippen molar-refractivity contribution in [3.63, 3.8) is 0 Å². The molecule has 0 spiro atoms. The van der Waals surface area contributed by atoms with Crippen LogP contribution < -0.4 is 5.32 Å². The van der Waals surface area contributed by atoms with Gasteiger partial charge in [-0.3, -0.25) is 4.98 Å². The first-order valence-electron chi connectivity index (χ1n) is 4.65. The molecular formula is C10H16Cl2N2O. The SMILES string of the molecule is Cl.Cl.O[C@@H]1CNC[C@H]1Cc1ccccn1. The zero-order valence-corrected chi connectivity index (χ0v) is 9.93. The number of aliphatic hydroxyl groups is 1. The zero-order chi connectivity index (χ0) is 9.10. The van der Waals surface area contributed by atoms with Crippen molar-refractivity contribution >= 4 is 24.8 Å². The molecule has 0 amide bonds. The molecule has 2 N–H and O–H groups in total. The molecule has 1 aromatic heterocycles. The summed E-state index contributed by atoms with van der Waals surface area (Å²) in [6.45, 7) is 1.62. The smallest absolute Gasteiger partial charge is 0.0708 e. The lowest BCUT2D eigenvalue weighted by molar-refractivity contribution is 0.147. The third kappa shape index (κ3) is 3.95. The van der Waals surface area contributed by atoms with Gasteiger partial charge in [0.2, 0.25) is 0 Å². The van der Waals surface area contributed by atoms with Crippen LogP contribution in [0.15, 0.2) is 24.4 Å². The third-order valence-electron chi connectivity index (χ3n) is 2.50. The first-order chi connectivity index (χ1) is 6.36. The van der Waals surface area contributed by atoms with E-state index in [9.17, 15) is 5.11 Å². The number of nitrogens with zero attached hydrogens (tertiary/aromatic N) is 1. The average molecular weight is 251 g/mol. The highest BCUT2D eigenvalue weighted by atomic mass is 35.5. The Morgan fingerprint density at radius 3 is 2.67 bits per heavy atom. The lowest BCUT2D eigenvalue weighted by Gasteiger charge is -2.11. The molecule has 0 aliphatic carbocycles. The second-order valence-electron chi connectivity index (χ2n) is 3.51. The van der Waals surface area contributed by atoms with Gasteiger partial charge in [-0.05, 0) is 18.6 Å². The number of rotatable bonds is 2. The van der Waals surface area contributed by atoms with E-state index < -0.39 is 0 Å². The number of β-amino-alcohol motifs (C(OH)–C–C–N with tert-alkyl or cyclic N) is 1. The molecule has 0 bridgehead atoms. The molecule has 1 saturated heterocycles. The molecule has 1 aromatic rings. The predicted octanol–water partition coefficient (Wildman–Crippen LogP) is 1.05. The van der Waals surface area contributed by atoms with Gasteiger partial charge in [0.05, 0.1) is 6.10 Å². The van der Waals surface area contributed by atoms with E-state index in [0.717, 1.165) is 25.2 Å². The van der Waals surface area contributed by atoms with Crippen LogP contribution >= 0.6 is 24.8 Å². The van der Waals surface area contributed by atoms with Crippen molar-refractivity contribution in [3.05, 3.63) is 30.1 Å². The number of hydrogen-bond acceptors (Lipinski definition) is 3. The Balaban J connectivity index is 0.000000980. The summed E-state index contributed by atoms with van der Waals surface area (Å²) in [5.74, 6) is 0.329. The first kappa shape index (κ1) is 14.6. The summed E-state index contributed by atoms with van der Waals surface area (Å²) >= 11 is 0. The molecule has 0 unspecified atom stereocenters. The summed E-state index contributed by atoms with van der Waals surface area (Å²) in [7, 11) is 0. The fraction of sp³-hybridized carbons (Fsp3) is 0.500. The van der Waals surface area contributed by atoms with E-state index in [-0.39, 0.29) is 30.9 Å². The van der Waals surface area contributed by atoms with Gasteiger partial charge in [0.1, 0.15) is 0 Å². The Morgan fingerprint density at radius 1 is 1.33 bits per heavy atom. The van der Waals surface area contributed by atoms with E-state index in [0.29, 0.717) is 5.92 Å². The number of nitrogens with one attached hydrogen (secondary N) is 1. The highest BCUT2D eigenvalue weighted by Gasteiger charge is 2.24. The largest absolute Gasteiger partial charge is 0.391 e. The molecule has 3 nitrogen and oxygen atoms in total. The van der Waals surface area contributed by atoms with Crippen molar-refractivity contribution < 1.29 is 5.11 Å². The molecule has 1 fully saturated rings. The van der Waals surface area contributed by atoms with Crippen molar-refractivity contribution in [2.75, 3.05) is 13.1 Å². The Bertz CT molecular complexity index is 271. The molecule has 15 heavy (non-hydrogen) atoms. The summed E-state index contributed by atoms with van der Waals surface area (Å²) in [5.41, 5.74) is 1.07. The second-order valence-corrected chi connectivity index (χ2v) is 3.51. The highest BCUT2D eigenvalue weighted by Crippen LogP contribution is 2.13. The van der Waals surface area contributed by atoms with Crippen LogP contribution in [0, 0.1) is 5.92 Å². The monoisotopic (exact) mass is 250 g/mol. The van der Waals surface area contributed by atoms with Gasteiger partial charge >= 0.3 is 0 Å². The van der Waals surface area contributed by atoms with E-state index >= 15 is 0 Å². The summed E-state index contributed by atoms with van der Waals surface area (Å²) < 4.78 is 0. The summed E-state index contributed by atoms with van der Waals surface area (Å²) in [5, 5.41) is 12.7. The molecule has 86 valence electrons. The van der Waals surface area contributed by atoms with Gasteiger partial charge < -0.3 is 10.4 Å². The molecule has 0 aromatic carbocycles. The minimum atomic E-state index is -0.206. The average Bonchev–Trinajstić information content (AvgIpc) is 2.54. The van der Waals surface area contributed by atoms with Crippen LogP contribution in [0.1, 0.15) is 5.69 Å². The maximum absolute atomic E-state index is 9.56. The van der Waals surface area contributed by atoms with Crippen molar-refractivity contribution in [3.8, 4) is 0 Å². The van der Waals surface area contributed by atoms with Crippen LogP contribution in [-0.2, 0) is 6.42 Å². The van der Waals surface area contributed by atoms with Crippen LogP contribution in [0.4, 0.5) is 0 Å². The Labute approximate surface area is 102 Å². The number of pyridine rings is 1. The van der Waals surface area contributed by atoms with E-state index in [1.54, 1.807) is 6.20 Å². The van der Waals surface area contributed by atoms with Gasteiger partial charge in [-0.25, -0.2) is 0 Å².